The number of fused-ring (bicyclic) bond motifs is 1. The van der Waals surface area contributed by atoms with Crippen LogP contribution >= 0.6 is 0 Å². The summed E-state index contributed by atoms with van der Waals surface area (Å²) in [5, 5.41) is 17.3. The summed E-state index contributed by atoms with van der Waals surface area (Å²) in [5.41, 5.74) is 6.35. The molecule has 5 rings (SSSR count). The minimum absolute atomic E-state index is 0.181. The highest BCUT2D eigenvalue weighted by Gasteiger charge is 2.28. The third-order valence-corrected chi connectivity index (χ3v) is 6.39. The van der Waals surface area contributed by atoms with Gasteiger partial charge in [0.1, 0.15) is 12.7 Å². The van der Waals surface area contributed by atoms with Crippen molar-refractivity contribution < 1.29 is 9.53 Å². The number of nitrogens with one attached hydrogen (secondary N) is 1. The Hall–Kier alpha value is -3.61. The van der Waals surface area contributed by atoms with Gasteiger partial charge in [-0.3, -0.25) is 4.90 Å². The number of carbonyl (C=O) groups excluding carboxylic acids is 1. The second-order valence-corrected chi connectivity index (χ2v) is 8.41. The van der Waals surface area contributed by atoms with Crippen LogP contribution in [-0.2, 0) is 24.3 Å². The molecule has 0 bridgehead atoms. The molecule has 33 heavy (non-hydrogen) atoms. The number of aromatic nitrogens is 4. The van der Waals surface area contributed by atoms with E-state index in [1.165, 1.54) is 5.56 Å². The third-order valence-electron chi connectivity index (χ3n) is 6.39. The summed E-state index contributed by atoms with van der Waals surface area (Å²) in [6.45, 7) is 7.79. The van der Waals surface area contributed by atoms with Gasteiger partial charge in [-0.1, -0.05) is 13.0 Å². The molecule has 0 amide bonds. The predicted molar refractivity (Wildman–Crippen MR) is 120 cm³/mol. The van der Waals surface area contributed by atoms with Crippen molar-refractivity contribution in [2.24, 2.45) is 0 Å². The Morgan fingerprint density at radius 2 is 2.12 bits per heavy atom. The van der Waals surface area contributed by atoms with Crippen molar-refractivity contribution in [2.75, 3.05) is 19.6 Å². The van der Waals surface area contributed by atoms with Gasteiger partial charge >= 0.3 is 5.97 Å². The average Bonchev–Trinajstić information content (AvgIpc) is 3.44. The number of ether oxygens (including phenoxy) is 1. The number of nitrogens with zero attached hydrogens (tertiary/aromatic N) is 6. The fourth-order valence-electron chi connectivity index (χ4n) is 4.58. The number of aryl methyl sites for hydroxylation is 1. The molecule has 9 heteroatoms. The van der Waals surface area contributed by atoms with Crippen LogP contribution in [0.1, 0.15) is 56.8 Å². The van der Waals surface area contributed by atoms with Crippen molar-refractivity contribution in [2.45, 2.75) is 39.5 Å². The molecule has 9 nitrogen and oxygen atoms in total. The summed E-state index contributed by atoms with van der Waals surface area (Å²) in [5.74, 6) is 0.227. The molecule has 4 heterocycles. The molecule has 2 aromatic heterocycles. The minimum Gasteiger partial charge on any atom is -0.457 e. The summed E-state index contributed by atoms with van der Waals surface area (Å²) in [4.78, 5) is 23.2. The first-order valence-electron chi connectivity index (χ1n) is 11.1. The van der Waals surface area contributed by atoms with Crippen LogP contribution < -0.4 is 5.32 Å². The zero-order valence-corrected chi connectivity index (χ0v) is 18.7. The van der Waals surface area contributed by atoms with E-state index >= 15 is 0 Å². The highest BCUT2D eigenvalue weighted by Crippen LogP contribution is 2.30. The number of nitriles is 1. The number of hydrogen-bond acceptors (Lipinski definition) is 8. The van der Waals surface area contributed by atoms with Crippen molar-refractivity contribution in [3.63, 3.8) is 0 Å². The van der Waals surface area contributed by atoms with Gasteiger partial charge in [0, 0.05) is 55.7 Å². The van der Waals surface area contributed by atoms with Gasteiger partial charge in [0.25, 0.3) is 0 Å². The molecule has 0 aliphatic carbocycles. The molecule has 2 aliphatic heterocycles. The molecule has 0 unspecified atom stereocenters. The Morgan fingerprint density at radius 1 is 1.30 bits per heavy atom. The smallest absolute Gasteiger partial charge is 0.338 e. The lowest BCUT2D eigenvalue weighted by atomic mass is 9.93. The standard InChI is InChI=1S/C24H25N7O2/c1-3-21-17(8-25)12-31(29-21)24-27-9-16(10-28-24)11-30-7-6-26-22(13-30)18-4-5-19-20(15(18)2)14-33-23(19)32/h4-5,9-10,12,22,26H,3,6-7,11,13-14H2,1-2H3/t22-/m0/s1. The molecule has 1 atom stereocenters. The van der Waals surface area contributed by atoms with Crippen LogP contribution in [0.2, 0.25) is 0 Å². The highest BCUT2D eigenvalue weighted by molar-refractivity contribution is 5.94. The van der Waals surface area contributed by atoms with Gasteiger partial charge in [0.15, 0.2) is 0 Å². The maximum atomic E-state index is 11.8. The van der Waals surface area contributed by atoms with Crippen LogP contribution in [0.5, 0.6) is 0 Å². The van der Waals surface area contributed by atoms with Crippen LogP contribution in [0, 0.1) is 18.3 Å². The van der Waals surface area contributed by atoms with Crippen molar-refractivity contribution in [1.29, 1.82) is 5.26 Å². The number of carbonyl (C=O) groups is 1. The monoisotopic (exact) mass is 443 g/mol. The van der Waals surface area contributed by atoms with Gasteiger partial charge in [0.2, 0.25) is 5.95 Å². The van der Waals surface area contributed by atoms with E-state index in [4.69, 9.17) is 4.74 Å². The molecule has 3 aromatic rings. The second kappa shape index (κ2) is 8.73. The van der Waals surface area contributed by atoms with Gasteiger partial charge < -0.3 is 10.1 Å². The number of rotatable bonds is 5. The Labute approximate surface area is 192 Å². The Balaban J connectivity index is 1.28. The first kappa shape index (κ1) is 21.2. The normalized spacial score (nSPS) is 18.1. The van der Waals surface area contributed by atoms with Crippen LogP contribution in [0.15, 0.2) is 30.7 Å². The zero-order valence-electron chi connectivity index (χ0n) is 18.7. The van der Waals surface area contributed by atoms with Gasteiger partial charge in [-0.15, -0.1) is 0 Å². The fraction of sp³-hybridized carbons (Fsp3) is 0.375. The quantitative estimate of drug-likeness (QED) is 0.598. The molecular formula is C24H25N7O2. The van der Waals surface area contributed by atoms with Crippen LogP contribution in [-0.4, -0.2) is 50.3 Å². The molecule has 1 saturated heterocycles. The van der Waals surface area contributed by atoms with Gasteiger partial charge in [-0.05, 0) is 30.5 Å². The third kappa shape index (κ3) is 3.99. The van der Waals surface area contributed by atoms with Crippen LogP contribution in [0.25, 0.3) is 5.95 Å². The summed E-state index contributed by atoms with van der Waals surface area (Å²) >= 11 is 0. The predicted octanol–water partition coefficient (Wildman–Crippen LogP) is 2.22. The van der Waals surface area contributed by atoms with E-state index in [1.807, 2.05) is 31.5 Å². The Morgan fingerprint density at radius 3 is 2.85 bits per heavy atom. The molecular weight excluding hydrogens is 418 g/mol. The number of esters is 1. The SMILES string of the molecule is CCc1nn(-c2ncc(CN3CCN[C@H](c4ccc5c(c4C)COC5=O)C3)cn2)cc1C#N. The van der Waals surface area contributed by atoms with E-state index < -0.39 is 0 Å². The Kier molecular flexibility index (Phi) is 5.62. The molecule has 1 aromatic carbocycles. The molecule has 2 aliphatic rings. The molecule has 0 spiro atoms. The zero-order chi connectivity index (χ0) is 22.9. The molecule has 0 radical (unpaired) electrons. The van der Waals surface area contributed by atoms with Crippen molar-refractivity contribution >= 4 is 5.97 Å². The first-order valence-corrected chi connectivity index (χ1v) is 11.1. The number of benzene rings is 1. The highest BCUT2D eigenvalue weighted by atomic mass is 16.5. The summed E-state index contributed by atoms with van der Waals surface area (Å²) in [6.07, 6.45) is 6.00. The maximum Gasteiger partial charge on any atom is 0.338 e. The summed E-state index contributed by atoms with van der Waals surface area (Å²) in [7, 11) is 0. The molecule has 0 saturated carbocycles. The van der Waals surface area contributed by atoms with E-state index in [1.54, 1.807) is 10.9 Å². The van der Waals surface area contributed by atoms with Gasteiger partial charge in [-0.2, -0.15) is 10.4 Å². The van der Waals surface area contributed by atoms with Crippen molar-refractivity contribution in [3.8, 4) is 12.0 Å². The number of cyclic esters (lactones) is 1. The first-order chi connectivity index (χ1) is 16.1. The number of piperazine rings is 1. The summed E-state index contributed by atoms with van der Waals surface area (Å²) < 4.78 is 6.77. The minimum atomic E-state index is -0.230. The van der Waals surface area contributed by atoms with Gasteiger partial charge in [0.05, 0.1) is 23.0 Å². The van der Waals surface area contributed by atoms with Crippen LogP contribution in [0.3, 0.4) is 0 Å². The van der Waals surface area contributed by atoms with E-state index in [0.717, 1.165) is 48.6 Å². The lowest BCUT2D eigenvalue weighted by Crippen LogP contribution is -2.45. The van der Waals surface area contributed by atoms with Crippen molar-refractivity contribution in [3.05, 3.63) is 69.8 Å². The fourth-order valence-corrected chi connectivity index (χ4v) is 4.58. The molecule has 1 N–H and O–H groups in total. The van der Waals surface area contributed by atoms with E-state index in [2.05, 4.69) is 38.3 Å². The topological polar surface area (TPSA) is 109 Å². The largest absolute Gasteiger partial charge is 0.457 e. The van der Waals surface area contributed by atoms with Crippen LogP contribution in [0.4, 0.5) is 0 Å². The number of hydrogen-bond donors (Lipinski definition) is 1. The molecule has 1 fully saturated rings. The van der Waals surface area contributed by atoms with E-state index in [0.29, 0.717) is 30.1 Å². The maximum absolute atomic E-state index is 11.8. The Bertz CT molecular complexity index is 1240. The average molecular weight is 444 g/mol. The lowest BCUT2D eigenvalue weighted by Gasteiger charge is -2.34. The molecule has 168 valence electrons. The van der Waals surface area contributed by atoms with E-state index in [-0.39, 0.29) is 12.0 Å². The second-order valence-electron chi connectivity index (χ2n) is 8.41. The van der Waals surface area contributed by atoms with E-state index in [9.17, 15) is 10.1 Å². The van der Waals surface area contributed by atoms with Crippen molar-refractivity contribution in [1.82, 2.24) is 30.0 Å². The van der Waals surface area contributed by atoms with Gasteiger partial charge in [-0.25, -0.2) is 19.4 Å². The lowest BCUT2D eigenvalue weighted by molar-refractivity contribution is 0.0535. The summed E-state index contributed by atoms with van der Waals surface area (Å²) in [6, 6.07) is 6.28.